The summed E-state index contributed by atoms with van der Waals surface area (Å²) < 4.78 is 0. The second-order valence-electron chi connectivity index (χ2n) is 5.18. The van der Waals surface area contributed by atoms with Crippen molar-refractivity contribution in [3.63, 3.8) is 0 Å². The number of hydrogen-bond donors (Lipinski definition) is 1. The van der Waals surface area contributed by atoms with Crippen molar-refractivity contribution in [2.45, 2.75) is 25.2 Å². The van der Waals surface area contributed by atoms with E-state index in [0.29, 0.717) is 5.56 Å². The van der Waals surface area contributed by atoms with Crippen LogP contribution in [0.25, 0.3) is 0 Å². The summed E-state index contributed by atoms with van der Waals surface area (Å²) >= 11 is 1.76. The predicted molar refractivity (Wildman–Crippen MR) is 88.1 cm³/mol. The fraction of sp³-hybridized carbons (Fsp3) is 0.278. The van der Waals surface area contributed by atoms with Crippen molar-refractivity contribution in [1.29, 1.82) is 0 Å². The molecule has 1 unspecified atom stereocenters. The molecule has 0 amide bonds. The number of aromatic hydroxyl groups is 1. The number of hydrogen-bond acceptors (Lipinski definition) is 3. The molecule has 1 atom stereocenters. The molecule has 0 saturated carbocycles. The highest BCUT2D eigenvalue weighted by Gasteiger charge is 2.20. The average Bonchev–Trinajstić information content (AvgIpc) is 2.48. The minimum Gasteiger partial charge on any atom is -0.507 e. The average molecular weight is 300 g/mol. The Kier molecular flexibility index (Phi) is 5.45. The lowest BCUT2D eigenvalue weighted by molar-refractivity contribution is 0.0924. The maximum Gasteiger partial charge on any atom is 0.169 e. The molecule has 0 aliphatic rings. The van der Waals surface area contributed by atoms with Crippen molar-refractivity contribution >= 4 is 17.5 Å². The van der Waals surface area contributed by atoms with Gasteiger partial charge in [-0.1, -0.05) is 37.3 Å². The van der Waals surface area contributed by atoms with Crippen LogP contribution in [0.5, 0.6) is 5.75 Å². The lowest BCUT2D eigenvalue weighted by Crippen LogP contribution is -2.13. The highest BCUT2D eigenvalue weighted by molar-refractivity contribution is 7.99. The Bertz CT molecular complexity index is 588. The summed E-state index contributed by atoms with van der Waals surface area (Å²) in [6.07, 6.45) is 0.798. The van der Waals surface area contributed by atoms with Gasteiger partial charge in [-0.2, -0.15) is 0 Å². The predicted octanol–water partition coefficient (Wildman–Crippen LogP) is 4.70. The number of carbonyl (C=O) groups is 1. The van der Waals surface area contributed by atoms with Gasteiger partial charge in [-0.3, -0.25) is 4.79 Å². The number of phenolic OH excluding ortho intramolecular Hbond substituents is 1. The van der Waals surface area contributed by atoms with Gasteiger partial charge in [0.15, 0.2) is 5.78 Å². The zero-order valence-corrected chi connectivity index (χ0v) is 13.2. The largest absolute Gasteiger partial charge is 0.507 e. The Labute approximate surface area is 130 Å². The van der Waals surface area contributed by atoms with E-state index in [1.165, 1.54) is 4.90 Å². The van der Waals surface area contributed by atoms with E-state index in [-0.39, 0.29) is 17.5 Å². The van der Waals surface area contributed by atoms with Gasteiger partial charge in [0, 0.05) is 10.8 Å². The summed E-state index contributed by atoms with van der Waals surface area (Å²) in [4.78, 5) is 13.7. The molecule has 2 nitrogen and oxygen atoms in total. The molecular formula is C18H20O2S. The smallest absolute Gasteiger partial charge is 0.169 e. The fourth-order valence-electron chi connectivity index (χ4n) is 2.22. The molecule has 0 aliphatic heterocycles. The zero-order valence-electron chi connectivity index (χ0n) is 12.4. The van der Waals surface area contributed by atoms with E-state index in [9.17, 15) is 9.90 Å². The summed E-state index contributed by atoms with van der Waals surface area (Å²) in [5.74, 6) is 0.916. The molecule has 0 saturated heterocycles. The van der Waals surface area contributed by atoms with Gasteiger partial charge in [0.25, 0.3) is 0 Å². The highest BCUT2D eigenvalue weighted by atomic mass is 32.2. The van der Waals surface area contributed by atoms with Gasteiger partial charge in [-0.05, 0) is 42.9 Å². The molecule has 2 rings (SSSR count). The first-order valence-electron chi connectivity index (χ1n) is 7.10. The van der Waals surface area contributed by atoms with Gasteiger partial charge in [0.1, 0.15) is 5.75 Å². The molecule has 0 radical (unpaired) electrons. The van der Waals surface area contributed by atoms with Gasteiger partial charge < -0.3 is 5.11 Å². The zero-order chi connectivity index (χ0) is 15.2. The third kappa shape index (κ3) is 4.11. The van der Waals surface area contributed by atoms with E-state index in [4.69, 9.17) is 0 Å². The Morgan fingerprint density at radius 3 is 2.52 bits per heavy atom. The Morgan fingerprint density at radius 2 is 1.86 bits per heavy atom. The molecule has 0 bridgehead atoms. The van der Waals surface area contributed by atoms with Gasteiger partial charge >= 0.3 is 0 Å². The first-order valence-corrected chi connectivity index (χ1v) is 8.09. The first-order chi connectivity index (χ1) is 10.1. The Hall–Kier alpha value is -1.74. The van der Waals surface area contributed by atoms with Crippen LogP contribution >= 0.6 is 11.8 Å². The molecule has 0 aliphatic carbocycles. The number of Topliss-reactive ketones (excluding diaryl/α,β-unsaturated/α-hetero) is 1. The van der Waals surface area contributed by atoms with Gasteiger partial charge in [-0.15, -0.1) is 11.8 Å². The number of rotatable bonds is 6. The number of thioether (sulfide) groups is 1. The van der Waals surface area contributed by atoms with E-state index in [0.717, 1.165) is 17.7 Å². The van der Waals surface area contributed by atoms with E-state index >= 15 is 0 Å². The van der Waals surface area contributed by atoms with Crippen molar-refractivity contribution in [1.82, 2.24) is 0 Å². The van der Waals surface area contributed by atoms with Gasteiger partial charge in [0.2, 0.25) is 0 Å². The summed E-state index contributed by atoms with van der Waals surface area (Å²) in [6.45, 7) is 3.79. The summed E-state index contributed by atoms with van der Waals surface area (Å²) in [6, 6.07) is 15.4. The van der Waals surface area contributed by atoms with Crippen LogP contribution in [0.3, 0.4) is 0 Å². The number of ketones is 1. The molecule has 3 heteroatoms. The lowest BCUT2D eigenvalue weighted by Gasteiger charge is -2.13. The molecule has 21 heavy (non-hydrogen) atoms. The molecule has 0 spiro atoms. The SMILES string of the molecule is Cc1cccc(O)c1C(=O)C(C)CCSc1ccccc1. The van der Waals surface area contributed by atoms with Crippen LogP contribution in [-0.4, -0.2) is 16.6 Å². The maximum absolute atomic E-state index is 12.5. The van der Waals surface area contributed by atoms with Crippen LogP contribution in [0, 0.1) is 12.8 Å². The van der Waals surface area contributed by atoms with E-state index in [1.807, 2.05) is 38.1 Å². The molecular weight excluding hydrogens is 280 g/mol. The molecule has 1 N–H and O–H groups in total. The summed E-state index contributed by atoms with van der Waals surface area (Å²) in [5.41, 5.74) is 1.30. The van der Waals surface area contributed by atoms with Gasteiger partial charge in [-0.25, -0.2) is 0 Å². The maximum atomic E-state index is 12.5. The second kappa shape index (κ2) is 7.32. The second-order valence-corrected chi connectivity index (χ2v) is 6.35. The van der Waals surface area contributed by atoms with Crippen molar-refractivity contribution in [2.75, 3.05) is 5.75 Å². The Balaban J connectivity index is 1.94. The monoisotopic (exact) mass is 300 g/mol. The topological polar surface area (TPSA) is 37.3 Å². The third-order valence-electron chi connectivity index (χ3n) is 3.51. The van der Waals surface area contributed by atoms with Crippen LogP contribution in [0.15, 0.2) is 53.4 Å². The third-order valence-corrected chi connectivity index (χ3v) is 4.55. The van der Waals surface area contributed by atoms with Crippen LogP contribution < -0.4 is 0 Å². The fourth-order valence-corrected chi connectivity index (χ4v) is 3.28. The van der Waals surface area contributed by atoms with E-state index < -0.39 is 0 Å². The van der Waals surface area contributed by atoms with Crippen LogP contribution in [-0.2, 0) is 0 Å². The standard InChI is InChI=1S/C18H20O2S/c1-13-7-6-10-16(19)17(13)18(20)14(2)11-12-21-15-8-4-3-5-9-15/h3-10,14,19H,11-12H2,1-2H3. The van der Waals surface area contributed by atoms with E-state index in [1.54, 1.807) is 23.9 Å². The molecule has 2 aromatic rings. The molecule has 2 aromatic carbocycles. The van der Waals surface area contributed by atoms with Crippen molar-refractivity contribution < 1.29 is 9.90 Å². The number of aryl methyl sites for hydroxylation is 1. The number of benzene rings is 2. The first kappa shape index (κ1) is 15.6. The van der Waals surface area contributed by atoms with Crippen molar-refractivity contribution in [3.05, 3.63) is 59.7 Å². The normalized spacial score (nSPS) is 12.1. The Morgan fingerprint density at radius 1 is 1.14 bits per heavy atom. The minimum atomic E-state index is -0.0896. The summed E-state index contributed by atoms with van der Waals surface area (Å²) in [7, 11) is 0. The van der Waals surface area contributed by atoms with Crippen molar-refractivity contribution in [3.8, 4) is 5.75 Å². The van der Waals surface area contributed by atoms with Crippen LogP contribution in [0.2, 0.25) is 0 Å². The van der Waals surface area contributed by atoms with Crippen LogP contribution in [0.4, 0.5) is 0 Å². The van der Waals surface area contributed by atoms with Gasteiger partial charge in [0.05, 0.1) is 5.56 Å². The lowest BCUT2D eigenvalue weighted by atomic mass is 9.93. The van der Waals surface area contributed by atoms with Crippen molar-refractivity contribution in [2.24, 2.45) is 5.92 Å². The number of phenols is 1. The van der Waals surface area contributed by atoms with Crippen LogP contribution in [0.1, 0.15) is 29.3 Å². The molecule has 110 valence electrons. The molecule has 0 aromatic heterocycles. The quantitative estimate of drug-likeness (QED) is 0.620. The van der Waals surface area contributed by atoms with E-state index in [2.05, 4.69) is 12.1 Å². The molecule has 0 fully saturated rings. The highest BCUT2D eigenvalue weighted by Crippen LogP contribution is 2.26. The summed E-state index contributed by atoms with van der Waals surface area (Å²) in [5, 5.41) is 9.89. The molecule has 0 heterocycles. The minimum absolute atomic E-state index is 0.0271. The number of carbonyl (C=O) groups excluding carboxylic acids is 1.